The van der Waals surface area contributed by atoms with E-state index in [1.165, 1.54) is 13.2 Å². The van der Waals surface area contributed by atoms with Crippen molar-refractivity contribution in [3.8, 4) is 11.5 Å². The molecule has 1 aliphatic heterocycles. The fourth-order valence-corrected chi connectivity index (χ4v) is 2.83. The molecule has 4 nitrogen and oxygen atoms in total. The first kappa shape index (κ1) is 13.7. The highest BCUT2D eigenvalue weighted by Crippen LogP contribution is 2.40. The molecule has 21 heavy (non-hydrogen) atoms. The number of nitrogens with two attached hydrogens (primary N) is 1. The minimum absolute atomic E-state index is 0.103. The first-order valence-corrected chi connectivity index (χ1v) is 6.76. The second kappa shape index (κ2) is 5.26. The van der Waals surface area contributed by atoms with Gasteiger partial charge in [-0.05, 0) is 35.9 Å². The zero-order valence-electron chi connectivity index (χ0n) is 11.7. The van der Waals surface area contributed by atoms with Crippen LogP contribution in [-0.4, -0.2) is 18.8 Å². The number of anilines is 1. The van der Waals surface area contributed by atoms with Gasteiger partial charge in [0.15, 0.2) is 0 Å². The molecule has 5 heteroatoms. The van der Waals surface area contributed by atoms with Crippen LogP contribution >= 0.6 is 0 Å². The Hall–Kier alpha value is -2.27. The summed E-state index contributed by atoms with van der Waals surface area (Å²) in [4.78, 5) is 2.03. The van der Waals surface area contributed by atoms with Crippen molar-refractivity contribution >= 4 is 5.69 Å². The standard InChI is InChI=1S/C16H17FN2O2/c1-21-12-6-13-14(15(17)7-12)9-19(16(13)8-18)10-2-4-11(20)5-3-10/h2-7,16,20H,8-9,18H2,1H3. The Morgan fingerprint density at radius 1 is 1.33 bits per heavy atom. The van der Waals surface area contributed by atoms with Crippen LogP contribution in [0.4, 0.5) is 10.1 Å². The molecule has 2 aromatic carbocycles. The molecule has 1 unspecified atom stereocenters. The molecule has 0 aliphatic carbocycles. The number of aromatic hydroxyl groups is 1. The van der Waals surface area contributed by atoms with Crippen molar-refractivity contribution in [2.45, 2.75) is 12.6 Å². The van der Waals surface area contributed by atoms with Gasteiger partial charge < -0.3 is 20.5 Å². The first-order valence-electron chi connectivity index (χ1n) is 6.76. The summed E-state index contributed by atoms with van der Waals surface area (Å²) in [6.07, 6.45) is 0. The van der Waals surface area contributed by atoms with Crippen molar-refractivity contribution in [3.05, 3.63) is 53.3 Å². The van der Waals surface area contributed by atoms with Gasteiger partial charge in [0, 0.05) is 30.4 Å². The molecule has 1 aliphatic rings. The quantitative estimate of drug-likeness (QED) is 0.911. The summed E-state index contributed by atoms with van der Waals surface area (Å²) < 4.78 is 19.4. The van der Waals surface area contributed by atoms with Crippen molar-refractivity contribution in [1.82, 2.24) is 0 Å². The van der Waals surface area contributed by atoms with Crippen molar-refractivity contribution in [3.63, 3.8) is 0 Å². The Labute approximate surface area is 122 Å². The van der Waals surface area contributed by atoms with Crippen LogP contribution in [0.2, 0.25) is 0 Å². The number of phenolic OH excluding ortho intramolecular Hbond substituents is 1. The largest absolute Gasteiger partial charge is 0.508 e. The zero-order valence-corrected chi connectivity index (χ0v) is 11.7. The fourth-order valence-electron chi connectivity index (χ4n) is 2.83. The number of rotatable bonds is 3. The number of phenols is 1. The molecule has 0 bridgehead atoms. The molecule has 0 fully saturated rings. The number of halogens is 1. The van der Waals surface area contributed by atoms with E-state index in [1.54, 1.807) is 24.3 Å². The topological polar surface area (TPSA) is 58.7 Å². The van der Waals surface area contributed by atoms with Crippen molar-refractivity contribution in [1.29, 1.82) is 0 Å². The number of methoxy groups -OCH3 is 1. The Balaban J connectivity index is 2.03. The SMILES string of the molecule is COc1cc(F)c2c(c1)C(CN)N(c1ccc(O)cc1)C2. The van der Waals surface area contributed by atoms with Gasteiger partial charge >= 0.3 is 0 Å². The van der Waals surface area contributed by atoms with Gasteiger partial charge in [0.25, 0.3) is 0 Å². The lowest BCUT2D eigenvalue weighted by Gasteiger charge is -2.26. The summed E-state index contributed by atoms with van der Waals surface area (Å²) in [5.41, 5.74) is 8.31. The summed E-state index contributed by atoms with van der Waals surface area (Å²) in [5, 5.41) is 9.39. The molecule has 1 atom stereocenters. The average molecular weight is 288 g/mol. The smallest absolute Gasteiger partial charge is 0.132 e. The molecule has 110 valence electrons. The van der Waals surface area contributed by atoms with Crippen molar-refractivity contribution in [2.75, 3.05) is 18.6 Å². The van der Waals surface area contributed by atoms with Crippen LogP contribution in [-0.2, 0) is 6.54 Å². The van der Waals surface area contributed by atoms with Gasteiger partial charge in [0.1, 0.15) is 17.3 Å². The third-order valence-corrected chi connectivity index (χ3v) is 3.91. The van der Waals surface area contributed by atoms with E-state index in [4.69, 9.17) is 10.5 Å². The van der Waals surface area contributed by atoms with E-state index < -0.39 is 0 Å². The van der Waals surface area contributed by atoms with Crippen LogP contribution in [0.1, 0.15) is 17.2 Å². The molecule has 3 rings (SSSR count). The molecular formula is C16H17FN2O2. The van der Waals surface area contributed by atoms with Crippen LogP contribution in [0.25, 0.3) is 0 Å². The van der Waals surface area contributed by atoms with Crippen LogP contribution in [0.3, 0.4) is 0 Å². The Kier molecular flexibility index (Phi) is 3.43. The van der Waals surface area contributed by atoms with Gasteiger partial charge in [-0.3, -0.25) is 0 Å². The van der Waals surface area contributed by atoms with Crippen LogP contribution in [0.15, 0.2) is 36.4 Å². The summed E-state index contributed by atoms with van der Waals surface area (Å²) in [5.74, 6) is 0.425. The van der Waals surface area contributed by atoms with Crippen LogP contribution in [0, 0.1) is 5.82 Å². The molecular weight excluding hydrogens is 271 g/mol. The van der Waals surface area contributed by atoms with E-state index in [0.717, 1.165) is 11.3 Å². The number of ether oxygens (including phenoxy) is 1. The highest BCUT2D eigenvalue weighted by atomic mass is 19.1. The summed E-state index contributed by atoms with van der Waals surface area (Å²) in [7, 11) is 1.52. The van der Waals surface area contributed by atoms with E-state index in [2.05, 4.69) is 0 Å². The second-order valence-electron chi connectivity index (χ2n) is 5.07. The predicted molar refractivity (Wildman–Crippen MR) is 79.0 cm³/mol. The maximum atomic E-state index is 14.2. The average Bonchev–Trinajstić information content (AvgIpc) is 2.87. The minimum atomic E-state index is -0.274. The molecule has 0 amide bonds. The number of nitrogens with zero attached hydrogens (tertiary/aromatic N) is 1. The summed E-state index contributed by atoms with van der Waals surface area (Å²) >= 11 is 0. The molecule has 0 saturated heterocycles. The van der Waals surface area contributed by atoms with E-state index in [0.29, 0.717) is 24.4 Å². The molecule has 1 heterocycles. The van der Waals surface area contributed by atoms with Crippen LogP contribution in [0.5, 0.6) is 11.5 Å². The lowest BCUT2D eigenvalue weighted by Crippen LogP contribution is -2.27. The fraction of sp³-hybridized carbons (Fsp3) is 0.250. The highest BCUT2D eigenvalue weighted by molar-refractivity contribution is 5.57. The molecule has 0 aromatic heterocycles. The van der Waals surface area contributed by atoms with Gasteiger partial charge in [0.05, 0.1) is 13.2 Å². The minimum Gasteiger partial charge on any atom is -0.508 e. The molecule has 0 spiro atoms. The van der Waals surface area contributed by atoms with Crippen molar-refractivity contribution < 1.29 is 14.2 Å². The zero-order chi connectivity index (χ0) is 15.0. The normalized spacial score (nSPS) is 16.9. The monoisotopic (exact) mass is 288 g/mol. The molecule has 2 aromatic rings. The third kappa shape index (κ3) is 2.29. The Bertz CT molecular complexity index is 658. The van der Waals surface area contributed by atoms with Gasteiger partial charge in [-0.2, -0.15) is 0 Å². The second-order valence-corrected chi connectivity index (χ2v) is 5.07. The van der Waals surface area contributed by atoms with E-state index in [1.807, 2.05) is 11.0 Å². The Morgan fingerprint density at radius 2 is 2.05 bits per heavy atom. The van der Waals surface area contributed by atoms with Crippen molar-refractivity contribution in [2.24, 2.45) is 5.73 Å². The van der Waals surface area contributed by atoms with E-state index in [9.17, 15) is 9.50 Å². The van der Waals surface area contributed by atoms with Gasteiger partial charge in [0.2, 0.25) is 0 Å². The number of benzene rings is 2. The summed E-state index contributed by atoms with van der Waals surface area (Å²) in [6, 6.07) is 9.97. The number of hydrogen-bond donors (Lipinski definition) is 2. The van der Waals surface area contributed by atoms with Gasteiger partial charge in [-0.25, -0.2) is 4.39 Å². The van der Waals surface area contributed by atoms with Gasteiger partial charge in [-0.1, -0.05) is 0 Å². The van der Waals surface area contributed by atoms with E-state index >= 15 is 0 Å². The van der Waals surface area contributed by atoms with E-state index in [-0.39, 0.29) is 17.6 Å². The Morgan fingerprint density at radius 3 is 2.67 bits per heavy atom. The third-order valence-electron chi connectivity index (χ3n) is 3.91. The molecule has 3 N–H and O–H groups in total. The van der Waals surface area contributed by atoms with Gasteiger partial charge in [-0.15, -0.1) is 0 Å². The van der Waals surface area contributed by atoms with Crippen LogP contribution < -0.4 is 15.4 Å². The summed E-state index contributed by atoms with van der Waals surface area (Å²) in [6.45, 7) is 0.832. The lowest BCUT2D eigenvalue weighted by molar-refractivity contribution is 0.410. The predicted octanol–water partition coefficient (Wildman–Crippen LogP) is 2.56. The lowest BCUT2D eigenvalue weighted by atomic mass is 10.0. The molecule has 0 radical (unpaired) electrons. The highest BCUT2D eigenvalue weighted by Gasteiger charge is 2.32. The first-order chi connectivity index (χ1) is 10.1. The molecule has 0 saturated carbocycles. The number of fused-ring (bicyclic) bond motifs is 1. The maximum absolute atomic E-state index is 14.2. The number of hydrogen-bond acceptors (Lipinski definition) is 4. The maximum Gasteiger partial charge on any atom is 0.132 e.